The van der Waals surface area contributed by atoms with Crippen LogP contribution in [-0.4, -0.2) is 10.9 Å². The monoisotopic (exact) mass is 300 g/mol. The molecule has 0 radical (unpaired) electrons. The molecule has 0 aliphatic heterocycles. The van der Waals surface area contributed by atoms with Gasteiger partial charge in [0.15, 0.2) is 0 Å². The van der Waals surface area contributed by atoms with E-state index in [0.717, 1.165) is 29.7 Å². The highest BCUT2D eigenvalue weighted by atomic mass is 16.3. The summed E-state index contributed by atoms with van der Waals surface area (Å²) >= 11 is 0. The largest absolute Gasteiger partial charge is 0.444 e. The molecule has 0 bridgehead atoms. The van der Waals surface area contributed by atoms with Gasteiger partial charge >= 0.3 is 0 Å². The van der Waals surface area contributed by atoms with Gasteiger partial charge in [-0.2, -0.15) is 0 Å². The average molecular weight is 300 g/mol. The van der Waals surface area contributed by atoms with Crippen molar-refractivity contribution in [1.29, 1.82) is 0 Å². The second kappa shape index (κ2) is 7.25. The van der Waals surface area contributed by atoms with Gasteiger partial charge in [0.1, 0.15) is 6.26 Å². The highest BCUT2D eigenvalue weighted by Crippen LogP contribution is 2.29. The third kappa shape index (κ3) is 4.20. The van der Waals surface area contributed by atoms with Crippen LogP contribution >= 0.6 is 0 Å². The fourth-order valence-electron chi connectivity index (χ4n) is 2.37. The highest BCUT2D eigenvalue weighted by molar-refractivity contribution is 5.80. The van der Waals surface area contributed by atoms with Crippen LogP contribution in [0, 0.1) is 12.8 Å². The lowest BCUT2D eigenvalue weighted by atomic mass is 9.83. The van der Waals surface area contributed by atoms with Crippen molar-refractivity contribution in [3.05, 3.63) is 47.8 Å². The lowest BCUT2D eigenvalue weighted by molar-refractivity contribution is -0.121. The van der Waals surface area contributed by atoms with Crippen LogP contribution < -0.4 is 5.32 Å². The Morgan fingerprint density at radius 2 is 2.23 bits per heavy atom. The molecule has 4 heteroatoms. The first kappa shape index (κ1) is 16.3. The molecule has 1 saturated carbocycles. The van der Waals surface area contributed by atoms with Crippen molar-refractivity contribution in [2.45, 2.75) is 46.5 Å². The molecule has 0 saturated heterocycles. The summed E-state index contributed by atoms with van der Waals surface area (Å²) in [5.74, 6) is 1.15. The number of allylic oxidation sites excluding steroid dienone is 4. The van der Waals surface area contributed by atoms with Crippen LogP contribution in [-0.2, 0) is 4.79 Å². The van der Waals surface area contributed by atoms with Gasteiger partial charge in [-0.3, -0.25) is 4.79 Å². The Balaban J connectivity index is 2.12. The summed E-state index contributed by atoms with van der Waals surface area (Å²) < 4.78 is 5.47. The standard InChI is InChI=1S/C18H24N2O2/c1-5-15(20-17(21)9-14-7-6-8-14)10-16(12(2)3)18-19-13(4)11-22-18/h5,10-11,14H,1,6-9H2,2-4H3,(H,20,21)/b15-10+. The molecule has 1 aromatic heterocycles. The molecule has 1 fully saturated rings. The molecule has 118 valence electrons. The third-order valence-corrected chi connectivity index (χ3v) is 3.89. The van der Waals surface area contributed by atoms with Crippen LogP contribution in [0.15, 0.2) is 40.7 Å². The fourth-order valence-corrected chi connectivity index (χ4v) is 2.37. The van der Waals surface area contributed by atoms with E-state index in [2.05, 4.69) is 16.9 Å². The number of oxazole rings is 1. The summed E-state index contributed by atoms with van der Waals surface area (Å²) in [7, 11) is 0. The minimum atomic E-state index is 0.0486. The molecule has 1 N–H and O–H groups in total. The van der Waals surface area contributed by atoms with E-state index in [1.54, 1.807) is 12.3 Å². The summed E-state index contributed by atoms with van der Waals surface area (Å²) in [6.45, 7) is 9.64. The first-order chi connectivity index (χ1) is 10.5. The Kier molecular flexibility index (Phi) is 5.36. The quantitative estimate of drug-likeness (QED) is 0.803. The molecule has 1 heterocycles. The summed E-state index contributed by atoms with van der Waals surface area (Å²) in [4.78, 5) is 16.4. The van der Waals surface area contributed by atoms with Crippen LogP contribution in [0.3, 0.4) is 0 Å². The zero-order valence-corrected chi connectivity index (χ0v) is 13.6. The van der Waals surface area contributed by atoms with E-state index >= 15 is 0 Å². The van der Waals surface area contributed by atoms with Crippen molar-refractivity contribution in [2.75, 3.05) is 0 Å². The van der Waals surface area contributed by atoms with Gasteiger partial charge < -0.3 is 9.73 Å². The minimum Gasteiger partial charge on any atom is -0.444 e. The molecular formula is C18H24N2O2. The summed E-state index contributed by atoms with van der Waals surface area (Å²) in [5.41, 5.74) is 3.44. The topological polar surface area (TPSA) is 55.1 Å². The number of amides is 1. The highest BCUT2D eigenvalue weighted by Gasteiger charge is 2.20. The second-order valence-electron chi connectivity index (χ2n) is 6.06. The zero-order chi connectivity index (χ0) is 16.1. The van der Waals surface area contributed by atoms with Crippen molar-refractivity contribution in [1.82, 2.24) is 10.3 Å². The molecule has 4 nitrogen and oxygen atoms in total. The van der Waals surface area contributed by atoms with Crippen molar-refractivity contribution < 1.29 is 9.21 Å². The van der Waals surface area contributed by atoms with E-state index in [4.69, 9.17) is 4.42 Å². The molecule has 1 amide bonds. The maximum absolute atomic E-state index is 12.1. The molecule has 0 unspecified atom stereocenters. The van der Waals surface area contributed by atoms with E-state index in [0.29, 0.717) is 23.9 Å². The molecule has 0 spiro atoms. The van der Waals surface area contributed by atoms with Crippen molar-refractivity contribution in [2.24, 2.45) is 5.92 Å². The number of rotatable bonds is 6. The lowest BCUT2D eigenvalue weighted by Gasteiger charge is -2.24. The number of nitrogens with one attached hydrogen (secondary N) is 1. The first-order valence-corrected chi connectivity index (χ1v) is 7.73. The molecule has 1 aromatic rings. The number of carbonyl (C=O) groups excluding carboxylic acids is 1. The van der Waals surface area contributed by atoms with E-state index in [1.807, 2.05) is 26.8 Å². The van der Waals surface area contributed by atoms with Gasteiger partial charge in [-0.05, 0) is 51.7 Å². The van der Waals surface area contributed by atoms with Gasteiger partial charge in [-0.25, -0.2) is 4.98 Å². The summed E-state index contributed by atoms with van der Waals surface area (Å²) in [6, 6.07) is 0. The predicted molar refractivity (Wildman–Crippen MR) is 87.9 cm³/mol. The number of aryl methyl sites for hydroxylation is 1. The van der Waals surface area contributed by atoms with E-state index < -0.39 is 0 Å². The van der Waals surface area contributed by atoms with Gasteiger partial charge in [0.05, 0.1) is 5.69 Å². The first-order valence-electron chi connectivity index (χ1n) is 7.73. The van der Waals surface area contributed by atoms with Gasteiger partial charge in [0.25, 0.3) is 0 Å². The number of carbonyl (C=O) groups is 1. The predicted octanol–water partition coefficient (Wildman–Crippen LogP) is 4.15. The molecular weight excluding hydrogens is 276 g/mol. The molecule has 1 aliphatic rings. The van der Waals surface area contributed by atoms with Crippen molar-refractivity contribution in [3.63, 3.8) is 0 Å². The van der Waals surface area contributed by atoms with Gasteiger partial charge in [-0.15, -0.1) is 0 Å². The Morgan fingerprint density at radius 1 is 1.50 bits per heavy atom. The zero-order valence-electron chi connectivity index (χ0n) is 13.6. The molecule has 0 aromatic carbocycles. The number of nitrogens with zero attached hydrogens (tertiary/aromatic N) is 1. The fraction of sp³-hybridized carbons (Fsp3) is 0.444. The summed E-state index contributed by atoms with van der Waals surface area (Å²) in [6.07, 6.45) is 9.30. The van der Waals surface area contributed by atoms with Gasteiger partial charge in [-0.1, -0.05) is 18.6 Å². The molecule has 1 aliphatic carbocycles. The molecule has 2 rings (SSSR count). The van der Waals surface area contributed by atoms with E-state index in [9.17, 15) is 4.79 Å². The smallest absolute Gasteiger partial charge is 0.226 e. The molecule has 0 atom stereocenters. The normalized spacial score (nSPS) is 15.1. The van der Waals surface area contributed by atoms with Crippen LogP contribution in [0.1, 0.15) is 51.1 Å². The van der Waals surface area contributed by atoms with Crippen LogP contribution in [0.25, 0.3) is 5.57 Å². The van der Waals surface area contributed by atoms with Gasteiger partial charge in [0, 0.05) is 17.7 Å². The number of aromatic nitrogens is 1. The van der Waals surface area contributed by atoms with Crippen LogP contribution in [0.2, 0.25) is 0 Å². The average Bonchev–Trinajstić information content (AvgIpc) is 2.84. The third-order valence-electron chi connectivity index (χ3n) is 3.89. The maximum Gasteiger partial charge on any atom is 0.226 e. The Hall–Kier alpha value is -2.10. The maximum atomic E-state index is 12.1. The SMILES string of the molecule is C=C/C(=C\C(=C(C)C)c1nc(C)co1)NC(=O)CC1CCC1. The van der Waals surface area contributed by atoms with E-state index in [1.165, 1.54) is 6.42 Å². The Labute approximate surface area is 132 Å². The Morgan fingerprint density at radius 3 is 2.68 bits per heavy atom. The minimum absolute atomic E-state index is 0.0486. The van der Waals surface area contributed by atoms with E-state index in [-0.39, 0.29) is 5.91 Å². The molecule has 22 heavy (non-hydrogen) atoms. The summed E-state index contributed by atoms with van der Waals surface area (Å²) in [5, 5.41) is 2.93. The number of hydrogen-bond acceptors (Lipinski definition) is 3. The lowest BCUT2D eigenvalue weighted by Crippen LogP contribution is -2.26. The number of hydrogen-bond donors (Lipinski definition) is 1. The van der Waals surface area contributed by atoms with Gasteiger partial charge in [0.2, 0.25) is 11.8 Å². The Bertz CT molecular complexity index is 615. The second-order valence-corrected chi connectivity index (χ2v) is 6.06. The van der Waals surface area contributed by atoms with Crippen molar-refractivity contribution in [3.8, 4) is 0 Å². The van der Waals surface area contributed by atoms with Crippen molar-refractivity contribution >= 4 is 11.5 Å². The van der Waals surface area contributed by atoms with Crippen LogP contribution in [0.5, 0.6) is 0 Å². The van der Waals surface area contributed by atoms with Crippen LogP contribution in [0.4, 0.5) is 0 Å².